The SMILES string of the molecule is CCNC(Cc1sccc1Br)c1ccnc(C)c1. The van der Waals surface area contributed by atoms with Crippen molar-refractivity contribution in [1.29, 1.82) is 0 Å². The van der Waals surface area contributed by atoms with Crippen molar-refractivity contribution in [3.63, 3.8) is 0 Å². The molecule has 0 saturated heterocycles. The highest BCUT2D eigenvalue weighted by atomic mass is 79.9. The first-order valence-corrected chi connectivity index (χ1v) is 7.75. The van der Waals surface area contributed by atoms with Crippen LogP contribution in [0.1, 0.15) is 29.1 Å². The van der Waals surface area contributed by atoms with Crippen molar-refractivity contribution >= 4 is 27.3 Å². The predicted octanol–water partition coefficient (Wildman–Crippen LogP) is 4.11. The molecule has 0 aliphatic heterocycles. The van der Waals surface area contributed by atoms with Crippen molar-refractivity contribution in [2.45, 2.75) is 26.3 Å². The van der Waals surface area contributed by atoms with E-state index in [0.29, 0.717) is 6.04 Å². The molecule has 0 amide bonds. The van der Waals surface area contributed by atoms with Gasteiger partial charge in [0.1, 0.15) is 0 Å². The average molecular weight is 325 g/mol. The Balaban J connectivity index is 2.20. The summed E-state index contributed by atoms with van der Waals surface area (Å²) in [6.45, 7) is 5.15. The summed E-state index contributed by atoms with van der Waals surface area (Å²) in [6, 6.07) is 6.73. The number of aromatic nitrogens is 1. The van der Waals surface area contributed by atoms with Crippen molar-refractivity contribution in [3.05, 3.63) is 50.4 Å². The quantitative estimate of drug-likeness (QED) is 0.895. The number of likely N-dealkylation sites (N-methyl/N-ethyl adjacent to an activating group) is 1. The van der Waals surface area contributed by atoms with E-state index in [1.807, 2.05) is 13.1 Å². The Bertz CT molecular complexity index is 510. The van der Waals surface area contributed by atoms with E-state index in [4.69, 9.17) is 0 Å². The summed E-state index contributed by atoms with van der Waals surface area (Å²) >= 11 is 5.40. The fourth-order valence-corrected chi connectivity index (χ4v) is 3.56. The zero-order chi connectivity index (χ0) is 13.0. The third-order valence-corrected chi connectivity index (χ3v) is 4.80. The van der Waals surface area contributed by atoms with Crippen LogP contribution in [0.25, 0.3) is 0 Å². The largest absolute Gasteiger partial charge is 0.310 e. The first-order chi connectivity index (χ1) is 8.70. The molecule has 2 nitrogen and oxygen atoms in total. The van der Waals surface area contributed by atoms with Crippen LogP contribution in [-0.2, 0) is 6.42 Å². The van der Waals surface area contributed by atoms with Crippen LogP contribution in [0.4, 0.5) is 0 Å². The van der Waals surface area contributed by atoms with Crippen molar-refractivity contribution in [3.8, 4) is 0 Å². The summed E-state index contributed by atoms with van der Waals surface area (Å²) in [7, 11) is 0. The highest BCUT2D eigenvalue weighted by molar-refractivity contribution is 9.10. The van der Waals surface area contributed by atoms with Gasteiger partial charge in [0.05, 0.1) is 0 Å². The lowest BCUT2D eigenvalue weighted by Gasteiger charge is -2.18. The predicted molar refractivity (Wildman–Crippen MR) is 81.1 cm³/mol. The zero-order valence-electron chi connectivity index (χ0n) is 10.6. The lowest BCUT2D eigenvalue weighted by molar-refractivity contribution is 0.551. The number of nitrogens with zero attached hydrogens (tertiary/aromatic N) is 1. The normalized spacial score (nSPS) is 12.6. The van der Waals surface area contributed by atoms with Crippen LogP contribution >= 0.6 is 27.3 Å². The summed E-state index contributed by atoms with van der Waals surface area (Å²) in [5.41, 5.74) is 2.38. The van der Waals surface area contributed by atoms with E-state index in [-0.39, 0.29) is 0 Å². The number of rotatable bonds is 5. The van der Waals surface area contributed by atoms with E-state index in [1.54, 1.807) is 11.3 Å². The zero-order valence-corrected chi connectivity index (χ0v) is 13.0. The van der Waals surface area contributed by atoms with Gasteiger partial charge < -0.3 is 5.32 Å². The first-order valence-electron chi connectivity index (χ1n) is 6.08. The molecule has 2 aromatic heterocycles. The Kier molecular flexibility index (Phi) is 4.92. The number of pyridine rings is 1. The molecule has 0 fully saturated rings. The molecular weight excluding hydrogens is 308 g/mol. The van der Waals surface area contributed by atoms with Crippen molar-refractivity contribution in [2.24, 2.45) is 0 Å². The maximum Gasteiger partial charge on any atom is 0.0375 e. The lowest BCUT2D eigenvalue weighted by atomic mass is 10.0. The van der Waals surface area contributed by atoms with Gasteiger partial charge >= 0.3 is 0 Å². The van der Waals surface area contributed by atoms with E-state index in [2.05, 4.69) is 56.7 Å². The molecule has 2 aromatic rings. The van der Waals surface area contributed by atoms with Gasteiger partial charge in [-0.15, -0.1) is 11.3 Å². The summed E-state index contributed by atoms with van der Waals surface area (Å²) in [5.74, 6) is 0. The lowest BCUT2D eigenvalue weighted by Crippen LogP contribution is -2.22. The second kappa shape index (κ2) is 6.45. The van der Waals surface area contributed by atoms with Gasteiger partial charge in [-0.1, -0.05) is 6.92 Å². The van der Waals surface area contributed by atoms with Crippen molar-refractivity contribution < 1.29 is 0 Å². The molecule has 18 heavy (non-hydrogen) atoms. The number of aryl methyl sites for hydroxylation is 1. The van der Waals surface area contributed by atoms with Crippen LogP contribution in [0.5, 0.6) is 0 Å². The number of hydrogen-bond acceptors (Lipinski definition) is 3. The molecule has 1 N–H and O–H groups in total. The molecule has 0 spiro atoms. The van der Waals surface area contributed by atoms with Crippen LogP contribution in [0.3, 0.4) is 0 Å². The van der Waals surface area contributed by atoms with E-state index in [1.165, 1.54) is 14.9 Å². The van der Waals surface area contributed by atoms with Gasteiger partial charge in [0.2, 0.25) is 0 Å². The third kappa shape index (κ3) is 3.40. The Morgan fingerprint density at radius 1 is 1.44 bits per heavy atom. The highest BCUT2D eigenvalue weighted by Gasteiger charge is 2.14. The van der Waals surface area contributed by atoms with Crippen LogP contribution in [-0.4, -0.2) is 11.5 Å². The topological polar surface area (TPSA) is 24.9 Å². The van der Waals surface area contributed by atoms with Crippen LogP contribution in [0.15, 0.2) is 34.2 Å². The summed E-state index contributed by atoms with van der Waals surface area (Å²) in [4.78, 5) is 5.65. The molecule has 2 rings (SSSR count). The van der Waals surface area contributed by atoms with Gasteiger partial charge in [-0.2, -0.15) is 0 Å². The molecule has 0 bridgehead atoms. The van der Waals surface area contributed by atoms with Crippen molar-refractivity contribution in [2.75, 3.05) is 6.54 Å². The van der Waals surface area contributed by atoms with Crippen LogP contribution in [0, 0.1) is 6.92 Å². The molecule has 4 heteroatoms. The Hall–Kier alpha value is -0.710. The number of thiophene rings is 1. The second-order valence-corrected chi connectivity index (χ2v) is 6.09. The Morgan fingerprint density at radius 2 is 2.28 bits per heavy atom. The van der Waals surface area contributed by atoms with Crippen LogP contribution in [0.2, 0.25) is 0 Å². The van der Waals surface area contributed by atoms with E-state index in [9.17, 15) is 0 Å². The van der Waals surface area contributed by atoms with Gasteiger partial charge in [-0.05, 0) is 58.5 Å². The second-order valence-electron chi connectivity index (χ2n) is 4.24. The summed E-state index contributed by atoms with van der Waals surface area (Å²) < 4.78 is 1.21. The maximum atomic E-state index is 4.26. The molecular formula is C14H17BrN2S. The van der Waals surface area contributed by atoms with Gasteiger partial charge in [0.15, 0.2) is 0 Å². The van der Waals surface area contributed by atoms with Gasteiger partial charge in [0, 0.05) is 33.7 Å². The Labute approximate surface area is 121 Å². The van der Waals surface area contributed by atoms with E-state index >= 15 is 0 Å². The first kappa shape index (κ1) is 13.7. The van der Waals surface area contributed by atoms with Crippen LogP contribution < -0.4 is 5.32 Å². The van der Waals surface area contributed by atoms with Gasteiger partial charge in [-0.25, -0.2) is 0 Å². The minimum Gasteiger partial charge on any atom is -0.310 e. The fraction of sp³-hybridized carbons (Fsp3) is 0.357. The average Bonchev–Trinajstić information content (AvgIpc) is 2.74. The molecule has 0 radical (unpaired) electrons. The molecule has 0 aliphatic carbocycles. The highest BCUT2D eigenvalue weighted by Crippen LogP contribution is 2.28. The molecule has 0 aromatic carbocycles. The standard InChI is InChI=1S/C14H17BrN2S/c1-3-16-13(9-14-12(15)5-7-18-14)11-4-6-17-10(2)8-11/h4-8,13,16H,3,9H2,1-2H3. The molecule has 0 saturated carbocycles. The van der Waals surface area contributed by atoms with Gasteiger partial charge in [-0.3, -0.25) is 4.98 Å². The van der Waals surface area contributed by atoms with Gasteiger partial charge in [0.25, 0.3) is 0 Å². The molecule has 96 valence electrons. The van der Waals surface area contributed by atoms with Crippen molar-refractivity contribution in [1.82, 2.24) is 10.3 Å². The number of nitrogens with one attached hydrogen (secondary N) is 1. The molecule has 1 unspecified atom stereocenters. The molecule has 0 aliphatic rings. The van der Waals surface area contributed by atoms with E-state index < -0.39 is 0 Å². The Morgan fingerprint density at radius 3 is 2.89 bits per heavy atom. The number of hydrogen-bond donors (Lipinski definition) is 1. The smallest absolute Gasteiger partial charge is 0.0375 e. The number of halogens is 1. The summed E-state index contributed by atoms with van der Waals surface area (Å²) in [6.07, 6.45) is 2.90. The monoisotopic (exact) mass is 324 g/mol. The third-order valence-electron chi connectivity index (χ3n) is 2.85. The minimum absolute atomic E-state index is 0.353. The minimum atomic E-state index is 0.353. The molecule has 2 heterocycles. The molecule has 1 atom stereocenters. The van der Waals surface area contributed by atoms with E-state index in [0.717, 1.165) is 18.7 Å². The fourth-order valence-electron chi connectivity index (χ4n) is 1.99. The summed E-state index contributed by atoms with van der Waals surface area (Å²) in [5, 5.41) is 5.67. The maximum absolute atomic E-state index is 4.26.